The molecule has 2 fully saturated rings. The van der Waals surface area contributed by atoms with Crippen molar-refractivity contribution < 1.29 is 0 Å². The minimum Gasteiger partial charge on any atom is -0.309 e. The summed E-state index contributed by atoms with van der Waals surface area (Å²) in [5, 5.41) is 7.38. The van der Waals surface area contributed by atoms with E-state index in [1.54, 1.807) is 0 Å². The summed E-state index contributed by atoms with van der Waals surface area (Å²) in [6, 6.07) is 68.3. The van der Waals surface area contributed by atoms with Crippen LogP contribution in [0.4, 0.5) is 0 Å². The normalized spacial score (nSPS) is 19.5. The Morgan fingerprint density at radius 3 is 1.24 bits per heavy atom. The largest absolute Gasteiger partial charge is 0.309 e. The summed E-state index contributed by atoms with van der Waals surface area (Å²) in [6.07, 6.45) is 5.87. The molecule has 68 heavy (non-hydrogen) atoms. The molecule has 2 bridgehead atoms. The average Bonchev–Trinajstić information content (AvgIpc) is 4.01. The molecule has 6 heteroatoms. The minimum absolute atomic E-state index is 0.126. The smallest absolute Gasteiger partial charge is 0.165 e. The molecule has 0 radical (unpaired) electrons. The lowest BCUT2D eigenvalue weighted by atomic mass is 9.56. The zero-order chi connectivity index (χ0) is 45.1. The van der Waals surface area contributed by atoms with Gasteiger partial charge in [0.05, 0.1) is 44.5 Å². The van der Waals surface area contributed by atoms with Gasteiger partial charge in [0.2, 0.25) is 0 Å². The van der Waals surface area contributed by atoms with Gasteiger partial charge in [-0.3, -0.25) is 0 Å². The van der Waals surface area contributed by atoms with E-state index in [1.165, 1.54) is 56.2 Å². The van der Waals surface area contributed by atoms with Gasteiger partial charge in [-0.2, -0.15) is 0 Å². The topological polar surface area (TPSA) is 53.5 Å². The molecule has 0 saturated heterocycles. The van der Waals surface area contributed by atoms with Crippen LogP contribution in [0.5, 0.6) is 0 Å². The van der Waals surface area contributed by atoms with Crippen LogP contribution in [0.3, 0.4) is 0 Å². The molecule has 328 valence electrons. The van der Waals surface area contributed by atoms with Gasteiger partial charge in [0.25, 0.3) is 0 Å². The molecular weight excluding hydrogens is 829 g/mol. The van der Waals surface area contributed by atoms with Crippen molar-refractivity contribution in [2.75, 3.05) is 0 Å². The van der Waals surface area contributed by atoms with Gasteiger partial charge in [0.1, 0.15) is 5.82 Å². The van der Waals surface area contributed by atoms with Crippen LogP contribution in [0.15, 0.2) is 188 Å². The van der Waals surface area contributed by atoms with Crippen LogP contribution >= 0.6 is 0 Å². The van der Waals surface area contributed by atoms with E-state index in [-0.39, 0.29) is 5.41 Å². The van der Waals surface area contributed by atoms with Crippen molar-refractivity contribution in [1.82, 2.24) is 28.7 Å². The summed E-state index contributed by atoms with van der Waals surface area (Å²) in [6.45, 7) is 4.89. The van der Waals surface area contributed by atoms with Gasteiger partial charge in [-0.1, -0.05) is 129 Å². The minimum atomic E-state index is -0.126. The van der Waals surface area contributed by atoms with E-state index < -0.39 is 0 Å². The van der Waals surface area contributed by atoms with Crippen LogP contribution in [-0.2, 0) is 5.41 Å². The standard InChI is InChI=1S/C62H50N6/c1-39-33-41-34-40(2)37-62(36-39,38-41)61-64-59(48-22-8-15-29-56(48)67-53-26-12-5-19-45(53)46-20-6-13-27-54(46)67)63-60(65-61)49-23-9-16-30-57(49)68-55-28-14-7-21-47(55)50-35-42(31-32-58(50)68)66-51-24-10-3-17-43(51)44-18-4-11-25-52(44)66/h3-32,35,39-41H,33-34,36-38H2,1-2H3/t39-,40+,41-,62?. The lowest BCUT2D eigenvalue weighted by Gasteiger charge is -2.49. The summed E-state index contributed by atoms with van der Waals surface area (Å²) in [7, 11) is 0. The highest BCUT2D eigenvalue weighted by atomic mass is 15.1. The number of rotatable bonds is 6. The molecule has 14 rings (SSSR count). The van der Waals surface area contributed by atoms with Crippen LogP contribution in [0.25, 0.3) is 105 Å². The summed E-state index contributed by atoms with van der Waals surface area (Å²) < 4.78 is 7.25. The molecule has 2 saturated carbocycles. The van der Waals surface area contributed by atoms with Crippen molar-refractivity contribution >= 4 is 65.4 Å². The quantitative estimate of drug-likeness (QED) is 0.167. The number of benzene rings is 8. The molecule has 2 aliphatic carbocycles. The first kappa shape index (κ1) is 39.3. The molecule has 4 atom stereocenters. The summed E-state index contributed by atoms with van der Waals surface area (Å²) in [5.74, 6) is 4.27. The highest BCUT2D eigenvalue weighted by Crippen LogP contribution is 2.54. The molecule has 2 aliphatic rings. The molecule has 0 spiro atoms. The third kappa shape index (κ3) is 5.92. The van der Waals surface area contributed by atoms with Gasteiger partial charge < -0.3 is 13.7 Å². The van der Waals surface area contributed by atoms with Gasteiger partial charge in [0.15, 0.2) is 11.6 Å². The Kier molecular flexibility index (Phi) is 8.73. The van der Waals surface area contributed by atoms with Crippen LogP contribution in [0.1, 0.15) is 51.8 Å². The highest BCUT2D eigenvalue weighted by molar-refractivity contribution is 6.13. The lowest BCUT2D eigenvalue weighted by molar-refractivity contribution is 0.0720. The monoisotopic (exact) mass is 878 g/mol. The zero-order valence-corrected chi connectivity index (χ0v) is 38.3. The van der Waals surface area contributed by atoms with Crippen molar-refractivity contribution in [2.24, 2.45) is 17.8 Å². The van der Waals surface area contributed by atoms with Crippen molar-refractivity contribution in [3.8, 4) is 39.8 Å². The molecule has 0 aliphatic heterocycles. The molecule has 8 aromatic carbocycles. The van der Waals surface area contributed by atoms with Gasteiger partial charge in [0, 0.05) is 54.5 Å². The molecule has 0 amide bonds. The number of para-hydroxylation sites is 7. The fourth-order valence-electron chi connectivity index (χ4n) is 13.3. The van der Waals surface area contributed by atoms with E-state index in [2.05, 4.69) is 216 Å². The van der Waals surface area contributed by atoms with Crippen LogP contribution < -0.4 is 0 Å². The zero-order valence-electron chi connectivity index (χ0n) is 38.3. The van der Waals surface area contributed by atoms with Gasteiger partial charge >= 0.3 is 0 Å². The van der Waals surface area contributed by atoms with E-state index in [9.17, 15) is 0 Å². The maximum atomic E-state index is 5.72. The number of fused-ring (bicyclic) bond motifs is 11. The fraction of sp³-hybridized carbons (Fsp3) is 0.177. The molecule has 6 nitrogen and oxygen atoms in total. The number of hydrogen-bond acceptors (Lipinski definition) is 3. The summed E-state index contributed by atoms with van der Waals surface area (Å²) in [5.41, 5.74) is 12.1. The van der Waals surface area contributed by atoms with Crippen LogP contribution in [0.2, 0.25) is 0 Å². The third-order valence-electron chi connectivity index (χ3n) is 15.6. The Morgan fingerprint density at radius 2 is 0.765 bits per heavy atom. The van der Waals surface area contributed by atoms with Gasteiger partial charge in [-0.15, -0.1) is 0 Å². The van der Waals surface area contributed by atoms with E-state index in [0.717, 1.165) is 81.2 Å². The van der Waals surface area contributed by atoms with E-state index in [1.807, 2.05) is 0 Å². The first-order chi connectivity index (χ1) is 33.5. The fourth-order valence-corrected chi connectivity index (χ4v) is 13.3. The second-order valence-electron chi connectivity index (χ2n) is 20.1. The van der Waals surface area contributed by atoms with Crippen LogP contribution in [0, 0.1) is 17.8 Å². The maximum absolute atomic E-state index is 5.72. The predicted molar refractivity (Wildman–Crippen MR) is 280 cm³/mol. The first-order valence-electron chi connectivity index (χ1n) is 24.5. The third-order valence-corrected chi connectivity index (χ3v) is 15.6. The van der Waals surface area contributed by atoms with E-state index in [4.69, 9.17) is 15.0 Å². The lowest BCUT2D eigenvalue weighted by Crippen LogP contribution is -2.43. The first-order valence-corrected chi connectivity index (χ1v) is 24.5. The second kappa shape index (κ2) is 15.1. The Labute approximate surface area is 395 Å². The molecule has 1 unspecified atom stereocenters. The van der Waals surface area contributed by atoms with Crippen molar-refractivity contribution in [3.05, 3.63) is 194 Å². The van der Waals surface area contributed by atoms with Crippen molar-refractivity contribution in [3.63, 3.8) is 0 Å². The van der Waals surface area contributed by atoms with Crippen LogP contribution in [-0.4, -0.2) is 28.7 Å². The Hall–Kier alpha value is -7.83. The van der Waals surface area contributed by atoms with Gasteiger partial charge in [-0.05, 0) is 123 Å². The summed E-state index contributed by atoms with van der Waals surface area (Å²) in [4.78, 5) is 17.0. The predicted octanol–water partition coefficient (Wildman–Crippen LogP) is 15.6. The molecule has 12 aromatic rings. The molecular formula is C62H50N6. The molecule has 4 heterocycles. The van der Waals surface area contributed by atoms with Crippen molar-refractivity contribution in [1.29, 1.82) is 0 Å². The second-order valence-corrected chi connectivity index (χ2v) is 20.1. The Bertz CT molecular complexity index is 3850. The highest BCUT2D eigenvalue weighted by Gasteiger charge is 2.47. The van der Waals surface area contributed by atoms with Gasteiger partial charge in [-0.25, -0.2) is 15.0 Å². The van der Waals surface area contributed by atoms with Crippen molar-refractivity contribution in [2.45, 2.75) is 51.4 Å². The SMILES string of the molecule is C[C@@H]1C[C@@H]2C[C@H](C)CC(c3nc(-c4ccccc4-n4c5ccccc5c5ccccc54)nc(-c4ccccc4-n4c5ccccc5c5cc(-n6c7ccccc7c7ccccc76)ccc54)n3)(C1)C2. The molecule has 4 aromatic heterocycles. The Balaban J connectivity index is 1.00. The maximum Gasteiger partial charge on any atom is 0.165 e. The Morgan fingerprint density at radius 1 is 0.382 bits per heavy atom. The summed E-state index contributed by atoms with van der Waals surface area (Å²) >= 11 is 0. The number of aromatic nitrogens is 6. The average molecular weight is 879 g/mol. The van der Waals surface area contributed by atoms with E-state index in [0.29, 0.717) is 23.6 Å². The number of nitrogens with zero attached hydrogens (tertiary/aromatic N) is 6. The number of hydrogen-bond donors (Lipinski definition) is 0. The molecule has 0 N–H and O–H groups in total. The van der Waals surface area contributed by atoms with E-state index >= 15 is 0 Å².